The summed E-state index contributed by atoms with van der Waals surface area (Å²) in [5.74, 6) is -13.5. The molecule has 1 aromatic carbocycles. The molecule has 17 N–H and O–H groups in total. The number of aliphatic carboxylic acids is 1. The summed E-state index contributed by atoms with van der Waals surface area (Å²) in [5.41, 5.74) is 22.9. The molecule has 2 saturated heterocycles. The molecule has 26 nitrogen and oxygen atoms in total. The Hall–Kier alpha value is -6.89. The van der Waals surface area contributed by atoms with Gasteiger partial charge in [-0.25, -0.2) is 4.79 Å². The van der Waals surface area contributed by atoms with Crippen molar-refractivity contribution in [3.63, 3.8) is 0 Å². The Bertz CT molecular complexity index is 2270. The fourth-order valence-electron chi connectivity index (χ4n) is 7.31. The Labute approximate surface area is 442 Å². The molecule has 2 fully saturated rings. The summed E-state index contributed by atoms with van der Waals surface area (Å²) in [4.78, 5) is 157. The molecular weight excluding hydrogens is 1050 g/mol. The number of primary amides is 3. The van der Waals surface area contributed by atoms with Crippen LogP contribution >= 0.6 is 21.6 Å². The molecule has 2 aliphatic heterocycles. The Balaban J connectivity index is 0.00000263. The number of nitrogens with one attached hydrogen (secondary N) is 7. The molecule has 0 spiro atoms. The molecule has 10 atom stereocenters. The number of aromatic hydroxyl groups is 1. The molecule has 76 heavy (non-hydrogen) atoms. The highest BCUT2D eigenvalue weighted by Crippen LogP contribution is 2.26. The van der Waals surface area contributed by atoms with Crippen LogP contribution in [0.5, 0.6) is 5.75 Å². The molecule has 0 aliphatic carbocycles. The zero-order valence-electron chi connectivity index (χ0n) is 42.1. The van der Waals surface area contributed by atoms with Crippen molar-refractivity contribution < 1.29 is 80.9 Å². The molecule has 0 aromatic heterocycles. The van der Waals surface area contributed by atoms with Crippen molar-refractivity contribution in [2.24, 2.45) is 34.8 Å². The molecule has 0 saturated carbocycles. The van der Waals surface area contributed by atoms with Crippen LogP contribution < -0.4 is 60.2 Å². The number of likely N-dealkylation sites (tertiary alicyclic amines) is 1. The van der Waals surface area contributed by atoms with Crippen LogP contribution in [0.1, 0.15) is 78.2 Å². The molecule has 2 aliphatic rings. The topological polar surface area (TPSA) is 437 Å². The second kappa shape index (κ2) is 31.2. The summed E-state index contributed by atoms with van der Waals surface area (Å²) in [6.07, 6.45) is -5.50. The minimum absolute atomic E-state index is 0.0468. The lowest BCUT2D eigenvalue weighted by molar-refractivity contribution is -0.192. The van der Waals surface area contributed by atoms with E-state index in [0.29, 0.717) is 24.8 Å². The number of carboxylic acids is 1. The third kappa shape index (κ3) is 21.8. The van der Waals surface area contributed by atoms with Crippen LogP contribution in [0, 0.1) is 11.8 Å². The van der Waals surface area contributed by atoms with E-state index in [1.54, 1.807) is 27.7 Å². The fourth-order valence-corrected chi connectivity index (χ4v) is 9.59. The van der Waals surface area contributed by atoms with Crippen molar-refractivity contribution in [3.05, 3.63) is 29.8 Å². The molecule has 31 heteroatoms. The SMILES string of the molecule is CC[C@H](C)[C@@H]1NC(=O)[C@H](Cc2ccc(O)cc2)NC(=O)[C@@H](N)CSSC[C@@H](C(=O)N2CCC[C@H]2C(=O)N[C@H](C(=O)NCC(N)=O)[C@@H](C)CC)NC(=O)[C@H](CC(N)=O)NC(=O)[C@H](CCC(N)=O)NC1=O.O=C(O)C(F)(F)F. The van der Waals surface area contributed by atoms with Gasteiger partial charge in [-0.2, -0.15) is 13.2 Å². The maximum Gasteiger partial charge on any atom is 0.490 e. The van der Waals surface area contributed by atoms with Gasteiger partial charge in [-0.3, -0.25) is 52.7 Å². The number of halogens is 3. The van der Waals surface area contributed by atoms with E-state index in [1.165, 1.54) is 29.2 Å². The normalized spacial score (nSPS) is 23.4. The summed E-state index contributed by atoms with van der Waals surface area (Å²) in [6.45, 7) is 6.47. The summed E-state index contributed by atoms with van der Waals surface area (Å²) in [7, 11) is 2.05. The zero-order valence-corrected chi connectivity index (χ0v) is 43.7. The third-order valence-corrected chi connectivity index (χ3v) is 14.4. The van der Waals surface area contributed by atoms with Gasteiger partial charge in [0.25, 0.3) is 0 Å². The number of nitrogens with zero attached hydrogens (tertiary/aromatic N) is 1. The van der Waals surface area contributed by atoms with Crippen LogP contribution in [-0.4, -0.2) is 165 Å². The number of hydrogen-bond acceptors (Lipinski definition) is 16. The van der Waals surface area contributed by atoms with Crippen LogP contribution in [0.2, 0.25) is 0 Å². The number of phenols is 1. The van der Waals surface area contributed by atoms with Gasteiger partial charge < -0.3 is 75.3 Å². The summed E-state index contributed by atoms with van der Waals surface area (Å²) >= 11 is 0. The van der Waals surface area contributed by atoms with E-state index < -0.39 is 163 Å². The van der Waals surface area contributed by atoms with Crippen molar-refractivity contribution in [1.29, 1.82) is 0 Å². The molecule has 2 heterocycles. The maximum atomic E-state index is 14.5. The number of carboxylic acid groups (broad SMARTS) is 1. The monoisotopic (exact) mass is 1120 g/mol. The van der Waals surface area contributed by atoms with Gasteiger partial charge in [-0.1, -0.05) is 74.3 Å². The van der Waals surface area contributed by atoms with E-state index in [-0.39, 0.29) is 36.6 Å². The molecule has 11 amide bonds. The first-order valence-corrected chi connectivity index (χ1v) is 26.3. The molecule has 424 valence electrons. The van der Waals surface area contributed by atoms with Gasteiger partial charge in [0.05, 0.1) is 19.0 Å². The van der Waals surface area contributed by atoms with Crippen LogP contribution in [0.4, 0.5) is 13.2 Å². The number of alkyl halides is 3. The Morgan fingerprint density at radius 3 is 1.89 bits per heavy atom. The van der Waals surface area contributed by atoms with Gasteiger partial charge in [0.1, 0.15) is 48.0 Å². The van der Waals surface area contributed by atoms with Crippen molar-refractivity contribution in [2.75, 3.05) is 24.6 Å². The van der Waals surface area contributed by atoms with Gasteiger partial charge in [0.2, 0.25) is 65.0 Å². The smallest absolute Gasteiger partial charge is 0.490 e. The lowest BCUT2D eigenvalue weighted by atomic mass is 9.96. The number of rotatable bonds is 17. The summed E-state index contributed by atoms with van der Waals surface area (Å²) < 4.78 is 31.7. The lowest BCUT2D eigenvalue weighted by Crippen LogP contribution is -2.61. The number of phenolic OH excluding ortho intramolecular Hbond substituents is 1. The predicted octanol–water partition coefficient (Wildman–Crippen LogP) is -2.98. The Morgan fingerprint density at radius 2 is 1.34 bits per heavy atom. The lowest BCUT2D eigenvalue weighted by Gasteiger charge is -2.31. The first-order valence-electron chi connectivity index (χ1n) is 23.8. The minimum atomic E-state index is -5.08. The van der Waals surface area contributed by atoms with Crippen molar-refractivity contribution in [2.45, 2.75) is 134 Å². The summed E-state index contributed by atoms with van der Waals surface area (Å²) in [5, 5.41) is 34.9. The number of carbonyl (C=O) groups is 12. The van der Waals surface area contributed by atoms with Gasteiger partial charge in [0.15, 0.2) is 0 Å². The minimum Gasteiger partial charge on any atom is -0.508 e. The Morgan fingerprint density at radius 1 is 0.776 bits per heavy atom. The van der Waals surface area contributed by atoms with E-state index in [2.05, 4.69) is 37.2 Å². The van der Waals surface area contributed by atoms with Gasteiger partial charge in [-0.15, -0.1) is 0 Å². The average molecular weight is 1120 g/mol. The highest BCUT2D eigenvalue weighted by molar-refractivity contribution is 8.76. The van der Waals surface area contributed by atoms with Gasteiger partial charge >= 0.3 is 12.1 Å². The predicted molar refractivity (Wildman–Crippen MR) is 268 cm³/mol. The molecule has 0 radical (unpaired) electrons. The molecule has 0 unspecified atom stereocenters. The maximum absolute atomic E-state index is 14.5. The van der Waals surface area contributed by atoms with E-state index in [0.717, 1.165) is 21.6 Å². The first kappa shape index (κ1) is 65.2. The largest absolute Gasteiger partial charge is 0.508 e. The van der Waals surface area contributed by atoms with E-state index in [4.69, 9.17) is 32.8 Å². The first-order chi connectivity index (χ1) is 35.5. The Kier molecular flexibility index (Phi) is 26.8. The molecule has 3 rings (SSSR count). The van der Waals surface area contributed by atoms with Crippen molar-refractivity contribution in [3.8, 4) is 5.75 Å². The second-order valence-electron chi connectivity index (χ2n) is 17.9. The quantitative estimate of drug-likeness (QED) is 0.0693. The fraction of sp³-hybridized carbons (Fsp3) is 0.600. The van der Waals surface area contributed by atoms with E-state index in [9.17, 15) is 71.0 Å². The summed E-state index contributed by atoms with van der Waals surface area (Å²) in [6, 6.07) is -5.06. The molecule has 0 bridgehead atoms. The zero-order chi connectivity index (χ0) is 57.6. The van der Waals surface area contributed by atoms with Gasteiger partial charge in [-0.05, 0) is 48.8 Å². The third-order valence-electron chi connectivity index (χ3n) is 12.0. The van der Waals surface area contributed by atoms with Crippen LogP contribution in [-0.2, 0) is 64.0 Å². The van der Waals surface area contributed by atoms with Crippen LogP contribution in [0.15, 0.2) is 24.3 Å². The van der Waals surface area contributed by atoms with E-state index in [1.807, 2.05) is 0 Å². The highest BCUT2D eigenvalue weighted by atomic mass is 33.1. The molecular formula is C45H67F3N12O14S2. The van der Waals surface area contributed by atoms with Crippen LogP contribution in [0.25, 0.3) is 0 Å². The number of carbonyl (C=O) groups excluding carboxylic acids is 11. The van der Waals surface area contributed by atoms with Gasteiger partial charge in [0, 0.05) is 30.9 Å². The standard InChI is InChI=1S/C43H66N12O12S2.C2HF3O2/c1-5-21(3)34(41(65)48-18-33(47)59)54-40(64)30-8-7-15-55(30)43(67)29-20-69-68-19-25(44)36(60)50-27(16-23-9-11-24(56)12-10-23)39(63)53-35(22(4)6-2)42(66)49-26(13-14-31(45)57)37(61)51-28(17-32(46)58)38(62)52-29;3-2(4,5)1(6)7/h9-12,21-22,25-30,34-35,56H,5-8,13-20,44H2,1-4H3,(H2,45,57)(H2,46,58)(H2,47,59)(H,48,65)(H,49,66)(H,50,60)(H,51,61)(H,52,62)(H,53,63)(H,54,64);(H,6,7)/t21-,22-,25-,26-,27-,28-,29-,30-,34-,35-;/m0./s1. The van der Waals surface area contributed by atoms with Crippen LogP contribution in [0.3, 0.4) is 0 Å². The highest BCUT2D eigenvalue weighted by Gasteiger charge is 2.42. The number of benzene rings is 1. The second-order valence-corrected chi connectivity index (χ2v) is 20.4. The van der Waals surface area contributed by atoms with Crippen molar-refractivity contribution in [1.82, 2.24) is 42.1 Å². The van der Waals surface area contributed by atoms with E-state index >= 15 is 0 Å². The average Bonchev–Trinajstić information content (AvgIpc) is 3.85. The number of nitrogens with two attached hydrogens (primary N) is 4. The molecule has 1 aromatic rings. The van der Waals surface area contributed by atoms with Crippen molar-refractivity contribution >= 4 is 92.5 Å². The number of amides is 11. The number of hydrogen-bond donors (Lipinski definition) is 13.